The Balaban J connectivity index is 2.30. The summed E-state index contributed by atoms with van der Waals surface area (Å²) >= 11 is 0. The maximum absolute atomic E-state index is 11.9. The molecule has 1 aliphatic rings. The molecule has 4 N–H and O–H groups in total. The number of hydrogen-bond donors (Lipinski definition) is 3. The highest BCUT2D eigenvalue weighted by molar-refractivity contribution is 5.95. The molecule has 0 bridgehead atoms. The maximum Gasteiger partial charge on any atom is 0.321 e. The highest BCUT2D eigenvalue weighted by Gasteiger charge is 2.23. The van der Waals surface area contributed by atoms with E-state index in [4.69, 9.17) is 5.73 Å². The van der Waals surface area contributed by atoms with Gasteiger partial charge in [0.25, 0.3) is 0 Å². The van der Waals surface area contributed by atoms with Crippen LogP contribution >= 0.6 is 0 Å². The van der Waals surface area contributed by atoms with Gasteiger partial charge in [-0.05, 0) is 38.8 Å². The lowest BCUT2D eigenvalue weighted by molar-refractivity contribution is -0.122. The minimum absolute atomic E-state index is 0.233. The molecule has 1 heterocycles. The zero-order chi connectivity index (χ0) is 14.8. The first kappa shape index (κ1) is 16.9. The molecule has 1 aliphatic heterocycles. The van der Waals surface area contributed by atoms with Crippen molar-refractivity contribution in [3.8, 4) is 0 Å². The first-order valence-electron chi connectivity index (χ1n) is 7.69. The average molecular weight is 284 g/mol. The fourth-order valence-electron chi connectivity index (χ4n) is 2.56. The van der Waals surface area contributed by atoms with Gasteiger partial charge in [-0.25, -0.2) is 4.79 Å². The summed E-state index contributed by atoms with van der Waals surface area (Å²) in [5.74, 6) is -0.233. The molecular weight excluding hydrogens is 256 g/mol. The van der Waals surface area contributed by atoms with Gasteiger partial charge in [-0.2, -0.15) is 0 Å². The van der Waals surface area contributed by atoms with Crippen LogP contribution in [-0.2, 0) is 4.79 Å². The van der Waals surface area contributed by atoms with Crippen LogP contribution in [0.1, 0.15) is 45.4 Å². The van der Waals surface area contributed by atoms with Crippen molar-refractivity contribution in [1.29, 1.82) is 0 Å². The van der Waals surface area contributed by atoms with Gasteiger partial charge >= 0.3 is 6.03 Å². The SMILES string of the molecule is CCCCNC(=O)NC(=O)CN1CCCCC1CCN. The highest BCUT2D eigenvalue weighted by atomic mass is 16.2. The third-order valence-electron chi connectivity index (χ3n) is 3.66. The number of imide groups is 1. The lowest BCUT2D eigenvalue weighted by Gasteiger charge is -2.34. The van der Waals surface area contributed by atoms with Gasteiger partial charge in [0.2, 0.25) is 5.91 Å². The second kappa shape index (κ2) is 9.72. The molecular formula is C14H28N4O2. The van der Waals surface area contributed by atoms with Crippen molar-refractivity contribution in [3.63, 3.8) is 0 Å². The van der Waals surface area contributed by atoms with Gasteiger partial charge in [0.1, 0.15) is 0 Å². The Labute approximate surface area is 121 Å². The Kier molecular flexibility index (Phi) is 8.22. The monoisotopic (exact) mass is 284 g/mol. The molecule has 116 valence electrons. The topological polar surface area (TPSA) is 87.5 Å². The standard InChI is InChI=1S/C14H28N4O2/c1-2-3-9-16-14(20)17-13(19)11-18-10-5-4-6-12(18)7-8-15/h12H,2-11,15H2,1H3,(H2,16,17,19,20). The summed E-state index contributed by atoms with van der Waals surface area (Å²) in [6, 6.07) is -0.0153. The van der Waals surface area contributed by atoms with E-state index in [1.807, 2.05) is 0 Å². The molecule has 1 unspecified atom stereocenters. The van der Waals surface area contributed by atoms with E-state index in [9.17, 15) is 9.59 Å². The van der Waals surface area contributed by atoms with Crippen molar-refractivity contribution in [2.45, 2.75) is 51.5 Å². The minimum Gasteiger partial charge on any atom is -0.338 e. The Morgan fingerprint density at radius 2 is 2.15 bits per heavy atom. The molecule has 1 fully saturated rings. The Morgan fingerprint density at radius 3 is 2.85 bits per heavy atom. The summed E-state index contributed by atoms with van der Waals surface area (Å²) in [6.45, 7) is 4.50. The number of amides is 3. The normalized spacial score (nSPS) is 19.6. The molecule has 0 spiro atoms. The molecule has 0 aliphatic carbocycles. The Bertz CT molecular complexity index is 308. The van der Waals surface area contributed by atoms with Crippen LogP contribution in [-0.4, -0.2) is 49.1 Å². The number of carbonyl (C=O) groups is 2. The third kappa shape index (κ3) is 6.34. The number of nitrogens with one attached hydrogen (secondary N) is 2. The minimum atomic E-state index is -0.393. The fourth-order valence-corrected chi connectivity index (χ4v) is 2.56. The predicted octanol–water partition coefficient (Wildman–Crippen LogP) is 0.816. The van der Waals surface area contributed by atoms with E-state index < -0.39 is 6.03 Å². The summed E-state index contributed by atoms with van der Waals surface area (Å²) in [4.78, 5) is 25.5. The predicted molar refractivity (Wildman–Crippen MR) is 79.3 cm³/mol. The second-order valence-electron chi connectivity index (χ2n) is 5.36. The largest absolute Gasteiger partial charge is 0.338 e. The van der Waals surface area contributed by atoms with E-state index >= 15 is 0 Å². The maximum atomic E-state index is 11.9. The van der Waals surface area contributed by atoms with Crippen molar-refractivity contribution in [2.75, 3.05) is 26.2 Å². The number of rotatable bonds is 7. The van der Waals surface area contributed by atoms with E-state index in [0.717, 1.165) is 38.6 Å². The average Bonchev–Trinajstić information content (AvgIpc) is 2.41. The fraction of sp³-hybridized carbons (Fsp3) is 0.857. The molecule has 1 rings (SSSR count). The van der Waals surface area contributed by atoms with Crippen LogP contribution in [0.4, 0.5) is 4.79 Å². The number of carbonyl (C=O) groups excluding carboxylic acids is 2. The quantitative estimate of drug-likeness (QED) is 0.604. The smallest absolute Gasteiger partial charge is 0.321 e. The first-order chi connectivity index (χ1) is 9.67. The number of piperidine rings is 1. The zero-order valence-electron chi connectivity index (χ0n) is 12.5. The molecule has 0 aromatic carbocycles. The van der Waals surface area contributed by atoms with Crippen LogP contribution < -0.4 is 16.4 Å². The summed E-state index contributed by atoms with van der Waals surface area (Å²) in [5, 5.41) is 5.07. The molecule has 0 saturated carbocycles. The number of nitrogens with two attached hydrogens (primary N) is 1. The van der Waals surface area contributed by atoms with Crippen LogP contribution in [0, 0.1) is 0 Å². The van der Waals surface area contributed by atoms with Crippen LogP contribution in [0.3, 0.4) is 0 Å². The number of unbranched alkanes of at least 4 members (excludes halogenated alkanes) is 1. The van der Waals surface area contributed by atoms with E-state index in [2.05, 4.69) is 22.5 Å². The summed E-state index contributed by atoms with van der Waals surface area (Å²) < 4.78 is 0. The molecule has 20 heavy (non-hydrogen) atoms. The van der Waals surface area contributed by atoms with Crippen molar-refractivity contribution in [2.24, 2.45) is 5.73 Å². The molecule has 3 amide bonds. The van der Waals surface area contributed by atoms with Gasteiger partial charge in [0.05, 0.1) is 6.54 Å². The van der Waals surface area contributed by atoms with Crippen LogP contribution in [0.2, 0.25) is 0 Å². The van der Waals surface area contributed by atoms with Crippen LogP contribution in [0.15, 0.2) is 0 Å². The van der Waals surface area contributed by atoms with Gasteiger partial charge in [-0.3, -0.25) is 15.0 Å². The van der Waals surface area contributed by atoms with Crippen molar-refractivity contribution < 1.29 is 9.59 Å². The van der Waals surface area contributed by atoms with Crippen molar-refractivity contribution in [1.82, 2.24) is 15.5 Å². The summed E-state index contributed by atoms with van der Waals surface area (Å²) in [7, 11) is 0. The highest BCUT2D eigenvalue weighted by Crippen LogP contribution is 2.18. The number of urea groups is 1. The number of hydrogen-bond acceptors (Lipinski definition) is 4. The lowest BCUT2D eigenvalue weighted by atomic mass is 9.99. The van der Waals surface area contributed by atoms with Gasteiger partial charge in [0.15, 0.2) is 0 Å². The van der Waals surface area contributed by atoms with E-state index in [1.54, 1.807) is 0 Å². The first-order valence-corrected chi connectivity index (χ1v) is 7.69. The molecule has 1 atom stereocenters. The summed E-state index contributed by atoms with van der Waals surface area (Å²) in [5.41, 5.74) is 5.61. The van der Waals surface area contributed by atoms with E-state index in [0.29, 0.717) is 19.1 Å². The van der Waals surface area contributed by atoms with Crippen molar-refractivity contribution in [3.05, 3.63) is 0 Å². The molecule has 0 aromatic heterocycles. The number of likely N-dealkylation sites (tertiary alicyclic amines) is 1. The van der Waals surface area contributed by atoms with E-state index in [1.165, 1.54) is 6.42 Å². The van der Waals surface area contributed by atoms with E-state index in [-0.39, 0.29) is 12.5 Å². The molecule has 1 saturated heterocycles. The van der Waals surface area contributed by atoms with Gasteiger partial charge < -0.3 is 11.1 Å². The second-order valence-corrected chi connectivity index (χ2v) is 5.36. The third-order valence-corrected chi connectivity index (χ3v) is 3.66. The van der Waals surface area contributed by atoms with Crippen LogP contribution in [0.5, 0.6) is 0 Å². The Hall–Kier alpha value is -1.14. The molecule has 6 heteroatoms. The van der Waals surface area contributed by atoms with Gasteiger partial charge in [-0.1, -0.05) is 19.8 Å². The van der Waals surface area contributed by atoms with Gasteiger partial charge in [-0.15, -0.1) is 0 Å². The molecule has 6 nitrogen and oxygen atoms in total. The lowest BCUT2D eigenvalue weighted by Crippen LogP contribution is -2.49. The Morgan fingerprint density at radius 1 is 1.35 bits per heavy atom. The zero-order valence-corrected chi connectivity index (χ0v) is 12.5. The van der Waals surface area contributed by atoms with Crippen molar-refractivity contribution >= 4 is 11.9 Å². The number of nitrogens with zero attached hydrogens (tertiary/aromatic N) is 1. The molecule has 0 radical (unpaired) electrons. The van der Waals surface area contributed by atoms with Gasteiger partial charge in [0, 0.05) is 12.6 Å². The summed E-state index contributed by atoms with van der Waals surface area (Å²) in [6.07, 6.45) is 6.25. The molecule has 0 aromatic rings. The van der Waals surface area contributed by atoms with Crippen LogP contribution in [0.25, 0.3) is 0 Å².